The second kappa shape index (κ2) is 6.98. The molecule has 0 aromatic carbocycles. The van der Waals surface area contributed by atoms with Gasteiger partial charge in [0.05, 0.1) is 12.8 Å². The maximum absolute atomic E-state index is 12.8. The van der Waals surface area contributed by atoms with Crippen LogP contribution >= 0.6 is 0 Å². The topological polar surface area (TPSA) is 98.7 Å². The van der Waals surface area contributed by atoms with Crippen LogP contribution in [0.2, 0.25) is 0 Å². The number of carbonyl (C=O) groups excluding carboxylic acids is 1. The minimum absolute atomic E-state index is 0.274. The summed E-state index contributed by atoms with van der Waals surface area (Å²) in [6.07, 6.45) is 6.45. The number of hydrogen-bond acceptors (Lipinski definition) is 7. The molecule has 1 N–H and O–H groups in total. The van der Waals surface area contributed by atoms with Gasteiger partial charge in [-0.05, 0) is 36.4 Å². The normalized spacial score (nSPS) is 10.6. The minimum Gasteiger partial charge on any atom is -0.467 e. The van der Waals surface area contributed by atoms with Gasteiger partial charge < -0.3 is 9.73 Å². The van der Waals surface area contributed by atoms with Gasteiger partial charge in [0.2, 0.25) is 5.95 Å². The molecule has 0 aliphatic rings. The van der Waals surface area contributed by atoms with E-state index >= 15 is 0 Å². The van der Waals surface area contributed by atoms with E-state index in [1.165, 1.54) is 4.68 Å². The lowest BCUT2D eigenvalue weighted by Gasteiger charge is -2.05. The zero-order valence-electron chi connectivity index (χ0n) is 13.6. The number of nitrogens with zero attached hydrogens (tertiary/aromatic N) is 5. The quantitative estimate of drug-likeness (QED) is 0.593. The first kappa shape index (κ1) is 15.7. The van der Waals surface area contributed by atoms with Crippen molar-refractivity contribution in [2.24, 2.45) is 0 Å². The van der Waals surface area contributed by atoms with Crippen molar-refractivity contribution >= 4 is 11.9 Å². The summed E-state index contributed by atoms with van der Waals surface area (Å²) in [5, 5.41) is 7.42. The number of furan rings is 1. The fourth-order valence-electron chi connectivity index (χ4n) is 2.36. The lowest BCUT2D eigenvalue weighted by Crippen LogP contribution is -2.18. The second-order valence-electron chi connectivity index (χ2n) is 5.37. The average molecular weight is 346 g/mol. The Morgan fingerprint density at radius 1 is 1.12 bits per heavy atom. The number of carbonyl (C=O) groups is 1. The van der Waals surface area contributed by atoms with E-state index < -0.39 is 0 Å². The molecule has 26 heavy (non-hydrogen) atoms. The predicted octanol–water partition coefficient (Wildman–Crippen LogP) is 2.63. The molecule has 128 valence electrons. The van der Waals surface area contributed by atoms with Crippen LogP contribution in [-0.4, -0.2) is 30.6 Å². The van der Waals surface area contributed by atoms with E-state index in [-0.39, 0.29) is 11.6 Å². The molecule has 0 saturated heterocycles. The monoisotopic (exact) mass is 346 g/mol. The van der Waals surface area contributed by atoms with E-state index in [4.69, 9.17) is 4.42 Å². The molecule has 4 heterocycles. The highest BCUT2D eigenvalue weighted by Crippen LogP contribution is 2.18. The lowest BCUT2D eigenvalue weighted by atomic mass is 10.3. The molecule has 0 atom stereocenters. The molecule has 8 nitrogen and oxygen atoms in total. The fraction of sp³-hybridized carbons (Fsp3) is 0.0556. The molecule has 0 amide bonds. The Labute approximate surface area is 148 Å². The van der Waals surface area contributed by atoms with Crippen LogP contribution in [0, 0.1) is 0 Å². The molecule has 0 bridgehead atoms. The maximum atomic E-state index is 12.8. The molecule has 4 rings (SSSR count). The van der Waals surface area contributed by atoms with Gasteiger partial charge >= 0.3 is 0 Å². The van der Waals surface area contributed by atoms with Crippen LogP contribution in [0.5, 0.6) is 0 Å². The molecule has 0 saturated carbocycles. The third kappa shape index (κ3) is 3.20. The van der Waals surface area contributed by atoms with Crippen molar-refractivity contribution < 1.29 is 9.21 Å². The molecule has 0 spiro atoms. The highest BCUT2D eigenvalue weighted by atomic mass is 16.3. The largest absolute Gasteiger partial charge is 0.467 e. The Kier molecular flexibility index (Phi) is 4.21. The first-order chi connectivity index (χ1) is 12.8. The first-order valence-electron chi connectivity index (χ1n) is 7.91. The summed E-state index contributed by atoms with van der Waals surface area (Å²) in [4.78, 5) is 25.4. The van der Waals surface area contributed by atoms with Gasteiger partial charge in [-0.3, -0.25) is 14.8 Å². The Hall–Kier alpha value is -3.81. The minimum atomic E-state index is -0.379. The zero-order valence-corrected chi connectivity index (χ0v) is 13.6. The number of hydrogen-bond donors (Lipinski definition) is 1. The molecule has 0 radical (unpaired) electrons. The third-order valence-corrected chi connectivity index (χ3v) is 3.60. The van der Waals surface area contributed by atoms with Crippen LogP contribution in [-0.2, 0) is 6.54 Å². The summed E-state index contributed by atoms with van der Waals surface area (Å²) in [5.74, 6) is 1.03. The molecular weight excluding hydrogens is 332 g/mol. The summed E-state index contributed by atoms with van der Waals surface area (Å²) in [6.45, 7) is 0.369. The summed E-state index contributed by atoms with van der Waals surface area (Å²) < 4.78 is 6.51. The van der Waals surface area contributed by atoms with Crippen LogP contribution in [0.4, 0.5) is 5.95 Å². The van der Waals surface area contributed by atoms with Crippen molar-refractivity contribution in [3.8, 4) is 11.4 Å². The van der Waals surface area contributed by atoms with E-state index in [0.717, 1.165) is 0 Å². The summed E-state index contributed by atoms with van der Waals surface area (Å²) in [6, 6.07) is 12.4. The summed E-state index contributed by atoms with van der Waals surface area (Å²) in [5.41, 5.74) is 0.984. The highest BCUT2D eigenvalue weighted by Gasteiger charge is 2.19. The number of anilines is 1. The van der Waals surface area contributed by atoms with Crippen molar-refractivity contribution in [3.63, 3.8) is 0 Å². The van der Waals surface area contributed by atoms with E-state index in [1.54, 1.807) is 55.2 Å². The number of rotatable bonds is 5. The lowest BCUT2D eigenvalue weighted by molar-refractivity contribution is 0.0942. The van der Waals surface area contributed by atoms with Crippen molar-refractivity contribution in [2.75, 3.05) is 5.32 Å². The molecular formula is C18H14N6O2. The van der Waals surface area contributed by atoms with Crippen molar-refractivity contribution in [1.29, 1.82) is 0 Å². The predicted molar refractivity (Wildman–Crippen MR) is 93.3 cm³/mol. The van der Waals surface area contributed by atoms with Crippen LogP contribution in [0.3, 0.4) is 0 Å². The van der Waals surface area contributed by atoms with Crippen LogP contribution in [0.1, 0.15) is 16.2 Å². The molecule has 4 aromatic rings. The fourth-order valence-corrected chi connectivity index (χ4v) is 2.36. The first-order valence-corrected chi connectivity index (χ1v) is 7.91. The molecule has 0 unspecified atom stereocenters. The zero-order chi connectivity index (χ0) is 17.8. The van der Waals surface area contributed by atoms with Gasteiger partial charge in [-0.1, -0.05) is 6.07 Å². The Bertz CT molecular complexity index is 997. The van der Waals surface area contributed by atoms with Gasteiger partial charge in [0.1, 0.15) is 11.5 Å². The van der Waals surface area contributed by atoms with Crippen molar-refractivity contribution in [3.05, 3.63) is 78.8 Å². The van der Waals surface area contributed by atoms with E-state index in [9.17, 15) is 4.79 Å². The maximum Gasteiger partial charge on any atom is 0.299 e. The number of nitrogens with one attached hydrogen (secondary N) is 1. The van der Waals surface area contributed by atoms with Gasteiger partial charge in [0.25, 0.3) is 5.91 Å². The van der Waals surface area contributed by atoms with Crippen molar-refractivity contribution in [1.82, 2.24) is 24.7 Å². The van der Waals surface area contributed by atoms with Gasteiger partial charge in [0.15, 0.2) is 5.82 Å². The average Bonchev–Trinajstić information content (AvgIpc) is 3.37. The van der Waals surface area contributed by atoms with Crippen molar-refractivity contribution in [2.45, 2.75) is 6.54 Å². The summed E-state index contributed by atoms with van der Waals surface area (Å²) >= 11 is 0. The summed E-state index contributed by atoms with van der Waals surface area (Å²) in [7, 11) is 0. The van der Waals surface area contributed by atoms with Crippen LogP contribution in [0.25, 0.3) is 11.4 Å². The Morgan fingerprint density at radius 2 is 2.08 bits per heavy atom. The van der Waals surface area contributed by atoms with E-state index in [2.05, 4.69) is 25.4 Å². The molecule has 0 aliphatic carbocycles. The van der Waals surface area contributed by atoms with Crippen LogP contribution in [0.15, 0.2) is 71.7 Å². The van der Waals surface area contributed by atoms with Gasteiger partial charge in [-0.25, -0.2) is 0 Å². The Balaban J connectivity index is 1.70. The van der Waals surface area contributed by atoms with E-state index in [0.29, 0.717) is 29.6 Å². The SMILES string of the molecule is O=C(c1ccccn1)n1nc(-c2cccnc2)nc1NCc1ccco1. The highest BCUT2D eigenvalue weighted by molar-refractivity contribution is 5.95. The van der Waals surface area contributed by atoms with E-state index in [1.807, 2.05) is 12.1 Å². The molecule has 8 heteroatoms. The second-order valence-corrected chi connectivity index (χ2v) is 5.37. The van der Waals surface area contributed by atoms with Gasteiger partial charge in [-0.15, -0.1) is 5.10 Å². The smallest absolute Gasteiger partial charge is 0.299 e. The number of aromatic nitrogens is 5. The molecule has 4 aromatic heterocycles. The molecule has 0 fully saturated rings. The number of pyridine rings is 2. The standard InChI is InChI=1S/C18H14N6O2/c25-17(15-7-1-2-9-20-15)24-18(21-12-14-6-4-10-26-14)22-16(23-24)13-5-3-8-19-11-13/h1-11H,12H2,(H,21,22,23). The van der Waals surface area contributed by atoms with Gasteiger partial charge in [-0.2, -0.15) is 9.67 Å². The molecule has 0 aliphatic heterocycles. The van der Waals surface area contributed by atoms with Crippen LogP contribution < -0.4 is 5.32 Å². The Morgan fingerprint density at radius 3 is 2.81 bits per heavy atom. The van der Waals surface area contributed by atoms with Gasteiger partial charge in [0, 0.05) is 24.2 Å². The third-order valence-electron chi connectivity index (χ3n) is 3.60.